The molecule has 0 unspecified atom stereocenters. The van der Waals surface area contributed by atoms with Crippen LogP contribution < -0.4 is 10.1 Å². The predicted octanol–water partition coefficient (Wildman–Crippen LogP) is 6.88. The zero-order valence-corrected chi connectivity index (χ0v) is 20.3. The number of rotatable bonds is 7. The largest absolute Gasteiger partial charge is 0.497 e. The molecule has 0 bridgehead atoms. The highest BCUT2D eigenvalue weighted by Gasteiger charge is 2.21. The number of nitrogens with one attached hydrogen (secondary N) is 1. The second kappa shape index (κ2) is 10.3. The maximum absolute atomic E-state index is 14.8. The highest BCUT2D eigenvalue weighted by Crippen LogP contribution is 2.32. The van der Waals surface area contributed by atoms with Gasteiger partial charge in [-0.15, -0.1) is 0 Å². The van der Waals surface area contributed by atoms with E-state index in [9.17, 15) is 9.18 Å². The molecule has 34 heavy (non-hydrogen) atoms. The number of hydrogen-bond acceptors (Lipinski definition) is 2. The Balaban J connectivity index is 1.67. The standard InChI is InChI=1S/C27H23Cl2FN2O2/c1-17-22(27(33)31-13-12-18-10-11-20(28)15-23(18)29)16-26(19-6-5-7-21(14-19)34-2)32(17)25-9-4-3-8-24(25)30/h3-11,14-16H,12-13H2,1-2H3,(H,31,33). The van der Waals surface area contributed by atoms with Crippen molar-refractivity contribution >= 4 is 29.1 Å². The first-order valence-corrected chi connectivity index (χ1v) is 11.5. The first-order chi connectivity index (χ1) is 16.4. The third-order valence-electron chi connectivity index (χ3n) is 5.65. The molecular weight excluding hydrogens is 474 g/mol. The summed E-state index contributed by atoms with van der Waals surface area (Å²) in [5.74, 6) is 0.0405. The van der Waals surface area contributed by atoms with Gasteiger partial charge in [0.25, 0.3) is 5.91 Å². The van der Waals surface area contributed by atoms with Gasteiger partial charge in [-0.05, 0) is 61.4 Å². The summed E-state index contributed by atoms with van der Waals surface area (Å²) in [5, 5.41) is 4.07. The van der Waals surface area contributed by atoms with Crippen molar-refractivity contribution in [3.8, 4) is 22.7 Å². The van der Waals surface area contributed by atoms with Gasteiger partial charge in [0.15, 0.2) is 0 Å². The maximum atomic E-state index is 14.8. The Morgan fingerprint density at radius 3 is 2.56 bits per heavy atom. The summed E-state index contributed by atoms with van der Waals surface area (Å²) in [4.78, 5) is 13.1. The van der Waals surface area contributed by atoms with Crippen LogP contribution in [-0.4, -0.2) is 24.1 Å². The summed E-state index contributed by atoms with van der Waals surface area (Å²) in [6.07, 6.45) is 0.553. The predicted molar refractivity (Wildman–Crippen MR) is 135 cm³/mol. The van der Waals surface area contributed by atoms with E-state index in [1.165, 1.54) is 6.07 Å². The van der Waals surface area contributed by atoms with Gasteiger partial charge in [-0.2, -0.15) is 0 Å². The minimum absolute atomic E-state index is 0.248. The number of ether oxygens (including phenoxy) is 1. The van der Waals surface area contributed by atoms with Crippen molar-refractivity contribution in [2.24, 2.45) is 0 Å². The highest BCUT2D eigenvalue weighted by atomic mass is 35.5. The molecule has 0 saturated carbocycles. The molecule has 0 aliphatic rings. The molecule has 4 nitrogen and oxygen atoms in total. The molecule has 0 aliphatic carbocycles. The average molecular weight is 497 g/mol. The van der Waals surface area contributed by atoms with Crippen LogP contribution in [-0.2, 0) is 6.42 Å². The molecule has 0 saturated heterocycles. The van der Waals surface area contributed by atoms with Crippen LogP contribution in [0.4, 0.5) is 4.39 Å². The van der Waals surface area contributed by atoms with Crippen LogP contribution in [0.15, 0.2) is 72.8 Å². The first-order valence-electron chi connectivity index (χ1n) is 10.7. The van der Waals surface area contributed by atoms with Gasteiger partial charge in [0.2, 0.25) is 0 Å². The number of benzene rings is 3. The SMILES string of the molecule is COc1cccc(-c2cc(C(=O)NCCc3ccc(Cl)cc3Cl)c(C)n2-c2ccccc2F)c1. The monoisotopic (exact) mass is 496 g/mol. The van der Waals surface area contributed by atoms with E-state index in [0.717, 1.165) is 11.1 Å². The van der Waals surface area contributed by atoms with Gasteiger partial charge in [-0.3, -0.25) is 4.79 Å². The van der Waals surface area contributed by atoms with Gasteiger partial charge in [-0.25, -0.2) is 4.39 Å². The molecule has 0 radical (unpaired) electrons. The van der Waals surface area contributed by atoms with Crippen LogP contribution in [0.3, 0.4) is 0 Å². The molecule has 0 spiro atoms. The van der Waals surface area contributed by atoms with Gasteiger partial charge in [0.05, 0.1) is 24.1 Å². The molecular formula is C27H23Cl2FN2O2. The first kappa shape index (κ1) is 23.9. The molecule has 4 rings (SSSR count). The number of nitrogens with zero attached hydrogens (tertiary/aromatic N) is 1. The molecule has 0 atom stereocenters. The lowest BCUT2D eigenvalue weighted by Crippen LogP contribution is -2.26. The third-order valence-corrected chi connectivity index (χ3v) is 6.23. The molecule has 1 heterocycles. The van der Waals surface area contributed by atoms with Crippen molar-refractivity contribution in [1.82, 2.24) is 9.88 Å². The van der Waals surface area contributed by atoms with E-state index in [0.29, 0.717) is 51.4 Å². The van der Waals surface area contributed by atoms with Crippen LogP contribution in [0.5, 0.6) is 5.75 Å². The van der Waals surface area contributed by atoms with E-state index in [4.69, 9.17) is 27.9 Å². The van der Waals surface area contributed by atoms with E-state index in [2.05, 4.69) is 5.32 Å². The molecule has 1 amide bonds. The topological polar surface area (TPSA) is 43.3 Å². The van der Waals surface area contributed by atoms with Crippen LogP contribution in [0.1, 0.15) is 21.6 Å². The summed E-state index contributed by atoms with van der Waals surface area (Å²) in [7, 11) is 1.59. The van der Waals surface area contributed by atoms with Gasteiger partial charge >= 0.3 is 0 Å². The number of carbonyl (C=O) groups is 1. The second-order valence-electron chi connectivity index (χ2n) is 7.79. The highest BCUT2D eigenvalue weighted by molar-refractivity contribution is 6.35. The summed E-state index contributed by atoms with van der Waals surface area (Å²) in [6, 6.07) is 21.0. The number of carbonyl (C=O) groups excluding carboxylic acids is 1. The zero-order valence-electron chi connectivity index (χ0n) is 18.7. The van der Waals surface area contributed by atoms with Crippen molar-refractivity contribution in [1.29, 1.82) is 0 Å². The lowest BCUT2D eigenvalue weighted by molar-refractivity contribution is 0.0953. The molecule has 4 aromatic rings. The Hall–Kier alpha value is -3.28. The van der Waals surface area contributed by atoms with E-state index < -0.39 is 0 Å². The van der Waals surface area contributed by atoms with Crippen molar-refractivity contribution in [3.63, 3.8) is 0 Å². The van der Waals surface area contributed by atoms with E-state index in [-0.39, 0.29) is 11.7 Å². The lowest BCUT2D eigenvalue weighted by atomic mass is 10.1. The Labute approximate surface area is 207 Å². The van der Waals surface area contributed by atoms with E-state index in [1.54, 1.807) is 55.0 Å². The van der Waals surface area contributed by atoms with Crippen LogP contribution >= 0.6 is 23.2 Å². The number of methoxy groups -OCH3 is 1. The van der Waals surface area contributed by atoms with Gasteiger partial charge in [-0.1, -0.05) is 53.5 Å². The molecule has 1 N–H and O–H groups in total. The Morgan fingerprint density at radius 2 is 1.82 bits per heavy atom. The summed E-state index contributed by atoms with van der Waals surface area (Å²) in [6.45, 7) is 2.19. The van der Waals surface area contributed by atoms with Gasteiger partial charge in [0, 0.05) is 27.8 Å². The molecule has 174 valence electrons. The van der Waals surface area contributed by atoms with Crippen LogP contribution in [0, 0.1) is 12.7 Å². The minimum Gasteiger partial charge on any atom is -0.497 e. The normalized spacial score (nSPS) is 10.9. The van der Waals surface area contributed by atoms with Crippen molar-refractivity contribution < 1.29 is 13.9 Å². The quantitative estimate of drug-likeness (QED) is 0.303. The Kier molecular flexibility index (Phi) is 7.25. The molecule has 0 aliphatic heterocycles. The van der Waals surface area contributed by atoms with Crippen molar-refractivity contribution in [2.45, 2.75) is 13.3 Å². The molecule has 0 fully saturated rings. The minimum atomic E-state index is -0.380. The van der Waals surface area contributed by atoms with Crippen molar-refractivity contribution in [2.75, 3.05) is 13.7 Å². The number of amides is 1. The number of para-hydroxylation sites is 1. The van der Waals surface area contributed by atoms with Gasteiger partial charge in [0.1, 0.15) is 11.6 Å². The zero-order chi connectivity index (χ0) is 24.2. The van der Waals surface area contributed by atoms with Crippen LogP contribution in [0.2, 0.25) is 10.0 Å². The fraction of sp³-hybridized carbons (Fsp3) is 0.148. The summed E-state index contributed by atoms with van der Waals surface area (Å²) >= 11 is 12.2. The molecule has 7 heteroatoms. The molecule has 1 aromatic heterocycles. The Morgan fingerprint density at radius 1 is 1.03 bits per heavy atom. The number of aromatic nitrogens is 1. The number of halogens is 3. The van der Waals surface area contributed by atoms with E-state index in [1.807, 2.05) is 30.3 Å². The lowest BCUT2D eigenvalue weighted by Gasteiger charge is -2.14. The van der Waals surface area contributed by atoms with E-state index >= 15 is 0 Å². The second-order valence-corrected chi connectivity index (χ2v) is 8.63. The fourth-order valence-electron chi connectivity index (χ4n) is 3.91. The van der Waals surface area contributed by atoms with Gasteiger partial charge < -0.3 is 14.6 Å². The maximum Gasteiger partial charge on any atom is 0.253 e. The Bertz CT molecular complexity index is 1350. The summed E-state index contributed by atoms with van der Waals surface area (Å²) < 4.78 is 21.9. The molecule has 3 aromatic carbocycles. The fourth-order valence-corrected chi connectivity index (χ4v) is 4.41. The smallest absolute Gasteiger partial charge is 0.253 e. The van der Waals surface area contributed by atoms with Crippen LogP contribution in [0.25, 0.3) is 16.9 Å². The number of hydrogen-bond donors (Lipinski definition) is 1. The third kappa shape index (κ3) is 4.96. The average Bonchev–Trinajstić information content (AvgIpc) is 3.17. The summed E-state index contributed by atoms with van der Waals surface area (Å²) in [5.41, 5.74) is 3.84. The van der Waals surface area contributed by atoms with Crippen molar-refractivity contribution in [3.05, 3.63) is 105 Å².